The van der Waals surface area contributed by atoms with Crippen molar-refractivity contribution in [2.45, 2.75) is 19.8 Å². The number of hydrogen-bond donors (Lipinski definition) is 1. The van der Waals surface area contributed by atoms with Crippen molar-refractivity contribution in [2.75, 3.05) is 5.73 Å². The maximum atomic E-state index is 13.5. The number of hydrogen-bond acceptors (Lipinski definition) is 4. The van der Waals surface area contributed by atoms with Gasteiger partial charge in [-0.05, 0) is 12.5 Å². The Labute approximate surface area is 119 Å². The quantitative estimate of drug-likeness (QED) is 0.694. The van der Waals surface area contributed by atoms with E-state index in [1.807, 2.05) is 6.92 Å². The molecule has 0 atom stereocenters. The van der Waals surface area contributed by atoms with Gasteiger partial charge in [0.05, 0.1) is 16.6 Å². The molecule has 2 aromatic rings. The van der Waals surface area contributed by atoms with Gasteiger partial charge < -0.3 is 5.73 Å². The van der Waals surface area contributed by atoms with Crippen LogP contribution < -0.4 is 5.73 Å². The van der Waals surface area contributed by atoms with Crippen LogP contribution >= 0.6 is 0 Å². The number of aromatic nitrogens is 2. The summed E-state index contributed by atoms with van der Waals surface area (Å²) < 4.78 is 28.1. The first kappa shape index (κ1) is 14.9. The Bertz CT molecular complexity index is 713. The number of anilines is 1. The van der Waals surface area contributed by atoms with Gasteiger partial charge in [0.15, 0.2) is 11.6 Å². The van der Waals surface area contributed by atoms with Crippen molar-refractivity contribution < 1.29 is 13.7 Å². The van der Waals surface area contributed by atoms with Crippen molar-refractivity contribution in [1.29, 1.82) is 0 Å². The van der Waals surface area contributed by atoms with Crippen LogP contribution in [0.25, 0.3) is 11.3 Å². The molecule has 0 aliphatic heterocycles. The molecule has 2 rings (SSSR count). The fraction of sp³-hybridized carbons (Fsp3) is 0.308. The Balaban J connectivity index is 2.75. The molecule has 0 saturated carbocycles. The lowest BCUT2D eigenvalue weighted by Gasteiger charge is -2.04. The van der Waals surface area contributed by atoms with Gasteiger partial charge in [0.2, 0.25) is 0 Å². The van der Waals surface area contributed by atoms with Crippen LogP contribution in [-0.4, -0.2) is 14.7 Å². The topological polar surface area (TPSA) is 87.0 Å². The number of halogens is 2. The molecular weight excluding hydrogens is 282 g/mol. The molecule has 0 fully saturated rings. The van der Waals surface area contributed by atoms with Gasteiger partial charge in [-0.3, -0.25) is 14.8 Å². The second-order valence-electron chi connectivity index (χ2n) is 4.63. The fourth-order valence-corrected chi connectivity index (χ4v) is 2.17. The molecule has 1 aromatic carbocycles. The lowest BCUT2D eigenvalue weighted by molar-refractivity contribution is -0.384. The van der Waals surface area contributed by atoms with Crippen molar-refractivity contribution in [2.24, 2.45) is 7.05 Å². The third-order valence-electron chi connectivity index (χ3n) is 3.18. The van der Waals surface area contributed by atoms with Crippen LogP contribution in [0.5, 0.6) is 0 Å². The fourth-order valence-electron chi connectivity index (χ4n) is 2.17. The Hall–Kier alpha value is -2.51. The van der Waals surface area contributed by atoms with Crippen molar-refractivity contribution in [1.82, 2.24) is 9.78 Å². The van der Waals surface area contributed by atoms with E-state index in [0.29, 0.717) is 23.9 Å². The molecule has 8 heteroatoms. The van der Waals surface area contributed by atoms with E-state index < -0.39 is 22.2 Å². The molecule has 6 nitrogen and oxygen atoms in total. The first-order valence-electron chi connectivity index (χ1n) is 6.32. The number of nitro groups is 1. The predicted molar refractivity (Wildman–Crippen MR) is 73.6 cm³/mol. The molecule has 2 N–H and O–H groups in total. The Morgan fingerprint density at radius 1 is 1.38 bits per heavy atom. The van der Waals surface area contributed by atoms with Crippen LogP contribution in [-0.2, 0) is 13.5 Å². The molecule has 0 aliphatic carbocycles. The van der Waals surface area contributed by atoms with Gasteiger partial charge in [-0.25, -0.2) is 8.78 Å². The lowest BCUT2D eigenvalue weighted by atomic mass is 10.0. The number of nitro benzene ring substituents is 1. The first-order chi connectivity index (χ1) is 9.86. The van der Waals surface area contributed by atoms with Crippen LogP contribution in [0.15, 0.2) is 12.1 Å². The standard InChI is InChI=1S/C13H14F2N4O2/c1-3-4-7-12(17-18(2)13(7)16)8-5-9(14)10(15)6-11(8)19(20)21/h5-6H,3-4,16H2,1-2H3. The van der Waals surface area contributed by atoms with Crippen molar-refractivity contribution in [3.05, 3.63) is 39.4 Å². The second-order valence-corrected chi connectivity index (χ2v) is 4.63. The summed E-state index contributed by atoms with van der Waals surface area (Å²) in [4.78, 5) is 10.3. The van der Waals surface area contributed by atoms with E-state index in [4.69, 9.17) is 5.73 Å². The third kappa shape index (κ3) is 2.56. The highest BCUT2D eigenvalue weighted by Gasteiger charge is 2.25. The normalized spacial score (nSPS) is 10.9. The van der Waals surface area contributed by atoms with E-state index in [1.54, 1.807) is 7.05 Å². The lowest BCUT2D eigenvalue weighted by Crippen LogP contribution is -1.99. The van der Waals surface area contributed by atoms with Gasteiger partial charge in [-0.15, -0.1) is 0 Å². The summed E-state index contributed by atoms with van der Waals surface area (Å²) in [5.41, 5.74) is 6.07. The minimum absolute atomic E-state index is 0.0744. The minimum Gasteiger partial charge on any atom is -0.384 e. The molecule has 1 heterocycles. The van der Waals surface area contributed by atoms with Gasteiger partial charge in [0.25, 0.3) is 5.69 Å². The summed E-state index contributed by atoms with van der Waals surface area (Å²) in [5.74, 6) is -2.08. The van der Waals surface area contributed by atoms with Crippen molar-refractivity contribution >= 4 is 11.5 Å². The zero-order chi connectivity index (χ0) is 15.7. The van der Waals surface area contributed by atoms with Crippen LogP contribution in [0.2, 0.25) is 0 Å². The number of rotatable bonds is 4. The Morgan fingerprint density at radius 2 is 2.00 bits per heavy atom. The first-order valence-corrected chi connectivity index (χ1v) is 6.32. The molecule has 0 radical (unpaired) electrons. The molecule has 0 bridgehead atoms. The smallest absolute Gasteiger partial charge is 0.281 e. The van der Waals surface area contributed by atoms with Crippen molar-refractivity contribution in [3.63, 3.8) is 0 Å². The summed E-state index contributed by atoms with van der Waals surface area (Å²) in [6, 6.07) is 1.35. The van der Waals surface area contributed by atoms with E-state index in [0.717, 1.165) is 12.5 Å². The highest BCUT2D eigenvalue weighted by molar-refractivity contribution is 5.76. The van der Waals surface area contributed by atoms with E-state index in [9.17, 15) is 18.9 Å². The largest absolute Gasteiger partial charge is 0.384 e. The van der Waals surface area contributed by atoms with Gasteiger partial charge in [0.1, 0.15) is 11.5 Å². The maximum Gasteiger partial charge on any atom is 0.281 e. The van der Waals surface area contributed by atoms with Crippen LogP contribution in [0.4, 0.5) is 20.3 Å². The van der Waals surface area contributed by atoms with E-state index >= 15 is 0 Å². The van der Waals surface area contributed by atoms with Gasteiger partial charge in [-0.2, -0.15) is 5.10 Å². The summed E-state index contributed by atoms with van der Waals surface area (Å²) in [7, 11) is 1.59. The Morgan fingerprint density at radius 3 is 2.57 bits per heavy atom. The Kier molecular flexibility index (Phi) is 3.88. The number of aryl methyl sites for hydroxylation is 1. The predicted octanol–water partition coefficient (Wildman–Crippen LogP) is 2.81. The van der Waals surface area contributed by atoms with Gasteiger partial charge in [-0.1, -0.05) is 13.3 Å². The third-order valence-corrected chi connectivity index (χ3v) is 3.18. The molecule has 0 saturated heterocycles. The summed E-state index contributed by atoms with van der Waals surface area (Å²) in [5, 5.41) is 15.2. The summed E-state index contributed by atoms with van der Waals surface area (Å²) >= 11 is 0. The van der Waals surface area contributed by atoms with Crippen LogP contribution in [0.1, 0.15) is 18.9 Å². The molecule has 112 valence electrons. The average molecular weight is 296 g/mol. The number of nitrogens with two attached hydrogens (primary N) is 1. The van der Waals surface area contributed by atoms with Gasteiger partial charge in [0, 0.05) is 12.6 Å². The number of nitrogen functional groups attached to an aromatic ring is 1. The van der Waals surface area contributed by atoms with Gasteiger partial charge >= 0.3 is 0 Å². The average Bonchev–Trinajstić information content (AvgIpc) is 2.70. The molecule has 0 unspecified atom stereocenters. The van der Waals surface area contributed by atoms with Crippen LogP contribution in [0, 0.1) is 21.7 Å². The van der Waals surface area contributed by atoms with Crippen LogP contribution in [0.3, 0.4) is 0 Å². The molecular formula is C13H14F2N4O2. The maximum absolute atomic E-state index is 13.5. The van der Waals surface area contributed by atoms with E-state index in [2.05, 4.69) is 5.10 Å². The number of benzene rings is 1. The van der Waals surface area contributed by atoms with E-state index in [-0.39, 0.29) is 11.3 Å². The van der Waals surface area contributed by atoms with Crippen molar-refractivity contribution in [3.8, 4) is 11.3 Å². The highest BCUT2D eigenvalue weighted by Crippen LogP contribution is 2.35. The molecule has 21 heavy (non-hydrogen) atoms. The molecule has 0 aliphatic rings. The zero-order valence-electron chi connectivity index (χ0n) is 11.6. The minimum atomic E-state index is -1.27. The number of nitrogens with zero attached hydrogens (tertiary/aromatic N) is 3. The SMILES string of the molecule is CCCc1c(-c2cc(F)c(F)cc2[N+](=O)[O-])nn(C)c1N. The summed E-state index contributed by atoms with van der Waals surface area (Å²) in [6.07, 6.45) is 1.27. The second kappa shape index (κ2) is 5.47. The zero-order valence-corrected chi connectivity index (χ0v) is 11.6. The molecule has 0 amide bonds. The highest BCUT2D eigenvalue weighted by atomic mass is 19.2. The summed E-state index contributed by atoms with van der Waals surface area (Å²) in [6.45, 7) is 1.91. The molecule has 1 aromatic heterocycles. The van der Waals surface area contributed by atoms with E-state index in [1.165, 1.54) is 4.68 Å². The monoisotopic (exact) mass is 296 g/mol. The molecule has 0 spiro atoms.